The molecule has 194 valence electrons. The lowest BCUT2D eigenvalue weighted by Crippen LogP contribution is -2.51. The van der Waals surface area contributed by atoms with E-state index in [1.54, 1.807) is 6.07 Å². The topological polar surface area (TPSA) is 90.9 Å². The average Bonchev–Trinajstić information content (AvgIpc) is 3.33. The summed E-state index contributed by atoms with van der Waals surface area (Å²) in [7, 11) is 0. The van der Waals surface area contributed by atoms with Crippen LogP contribution in [0.25, 0.3) is 0 Å². The number of rotatable bonds is 6. The molecule has 3 amide bonds. The number of ketones is 1. The number of benzene rings is 3. The Morgan fingerprint density at radius 2 is 1.68 bits per heavy atom. The van der Waals surface area contributed by atoms with Gasteiger partial charge in [0.15, 0.2) is 5.78 Å². The molecule has 0 spiro atoms. The SMILES string of the molecule is Cc1cccc(NC(=O)N[C@@H]2N=C(c3ccccc3)c3ccccc3N(CC(=O)C3(C)CCCC3)C2=O)c1. The maximum atomic E-state index is 14.0. The molecule has 1 aliphatic carbocycles. The van der Waals surface area contributed by atoms with Crippen LogP contribution in [0.2, 0.25) is 0 Å². The van der Waals surface area contributed by atoms with Gasteiger partial charge in [0.2, 0.25) is 6.17 Å². The number of nitrogens with zero attached hydrogens (tertiary/aromatic N) is 2. The zero-order valence-electron chi connectivity index (χ0n) is 21.7. The van der Waals surface area contributed by atoms with Crippen molar-refractivity contribution < 1.29 is 14.4 Å². The maximum Gasteiger partial charge on any atom is 0.321 e. The largest absolute Gasteiger partial charge is 0.321 e. The highest BCUT2D eigenvalue weighted by Gasteiger charge is 2.40. The van der Waals surface area contributed by atoms with Gasteiger partial charge in [0.25, 0.3) is 5.91 Å². The van der Waals surface area contributed by atoms with E-state index in [2.05, 4.69) is 10.6 Å². The Bertz CT molecular complexity index is 1390. The molecular formula is C31H32N4O3. The molecular weight excluding hydrogens is 476 g/mol. The van der Waals surface area contributed by atoms with Crippen LogP contribution in [0.5, 0.6) is 0 Å². The fourth-order valence-electron chi connectivity index (χ4n) is 5.30. The molecule has 2 aliphatic rings. The summed E-state index contributed by atoms with van der Waals surface area (Å²) in [4.78, 5) is 46.8. The molecule has 7 heteroatoms. The lowest BCUT2D eigenvalue weighted by molar-refractivity contribution is -0.128. The number of para-hydroxylation sites is 1. The monoisotopic (exact) mass is 508 g/mol. The van der Waals surface area contributed by atoms with Gasteiger partial charge in [-0.15, -0.1) is 0 Å². The third-order valence-electron chi connectivity index (χ3n) is 7.48. The molecule has 0 saturated heterocycles. The number of nitrogens with one attached hydrogen (secondary N) is 2. The van der Waals surface area contributed by atoms with E-state index in [4.69, 9.17) is 4.99 Å². The fraction of sp³-hybridized carbons (Fsp3) is 0.290. The maximum absolute atomic E-state index is 14.0. The highest BCUT2D eigenvalue weighted by molar-refractivity contribution is 6.21. The van der Waals surface area contributed by atoms with Crippen molar-refractivity contribution in [2.75, 3.05) is 16.8 Å². The van der Waals surface area contributed by atoms with Gasteiger partial charge in [-0.25, -0.2) is 9.79 Å². The predicted molar refractivity (Wildman–Crippen MR) is 150 cm³/mol. The Balaban J connectivity index is 1.52. The van der Waals surface area contributed by atoms with Gasteiger partial charge < -0.3 is 15.5 Å². The summed E-state index contributed by atoms with van der Waals surface area (Å²) in [5.74, 6) is -0.415. The Morgan fingerprint density at radius 3 is 2.42 bits per heavy atom. The number of Topliss-reactive ketones (excluding diaryl/α,β-unsaturated/α-hetero) is 1. The van der Waals surface area contributed by atoms with Gasteiger partial charge in [0.05, 0.1) is 17.9 Å². The third-order valence-corrected chi connectivity index (χ3v) is 7.48. The van der Waals surface area contributed by atoms with E-state index in [1.165, 1.54) is 4.90 Å². The number of aliphatic imine (C=N–C) groups is 1. The van der Waals surface area contributed by atoms with Gasteiger partial charge in [-0.2, -0.15) is 0 Å². The first-order chi connectivity index (χ1) is 18.3. The Labute approximate surface area is 223 Å². The van der Waals surface area contributed by atoms with Crippen molar-refractivity contribution >= 4 is 34.8 Å². The summed E-state index contributed by atoms with van der Waals surface area (Å²) in [5, 5.41) is 5.55. The van der Waals surface area contributed by atoms with E-state index in [0.29, 0.717) is 17.1 Å². The van der Waals surface area contributed by atoms with Crippen LogP contribution < -0.4 is 15.5 Å². The van der Waals surface area contributed by atoms with Crippen molar-refractivity contribution in [2.24, 2.45) is 10.4 Å². The van der Waals surface area contributed by atoms with Crippen molar-refractivity contribution in [3.05, 3.63) is 95.6 Å². The molecule has 1 fully saturated rings. The Kier molecular flexibility index (Phi) is 7.09. The normalized spacial score (nSPS) is 18.3. The molecule has 5 rings (SSSR count). The second-order valence-electron chi connectivity index (χ2n) is 10.3. The second kappa shape index (κ2) is 10.6. The number of amides is 3. The minimum atomic E-state index is -1.22. The number of hydrogen-bond acceptors (Lipinski definition) is 4. The van der Waals surface area contributed by atoms with Gasteiger partial charge in [0, 0.05) is 22.2 Å². The van der Waals surface area contributed by atoms with Gasteiger partial charge in [-0.05, 0) is 43.5 Å². The Hall–Kier alpha value is -4.26. The van der Waals surface area contributed by atoms with E-state index in [9.17, 15) is 14.4 Å². The molecule has 2 N–H and O–H groups in total. The standard InChI is InChI=1S/C31H32N4O3/c1-21-11-10-14-23(19-21)32-30(38)34-28-29(37)35(20-26(36)31(2)17-8-9-18-31)25-16-7-6-15-24(25)27(33-28)22-12-4-3-5-13-22/h3-7,10-16,19,28H,8-9,17-18,20H2,1-2H3,(H2,32,34,38)/t28-/m0/s1. The van der Waals surface area contributed by atoms with Crippen molar-refractivity contribution in [3.63, 3.8) is 0 Å². The number of carbonyl (C=O) groups is 3. The summed E-state index contributed by atoms with van der Waals surface area (Å²) < 4.78 is 0. The molecule has 0 aromatic heterocycles. The summed E-state index contributed by atoms with van der Waals surface area (Å²) in [6.45, 7) is 3.86. The number of anilines is 2. The molecule has 1 saturated carbocycles. The summed E-state index contributed by atoms with van der Waals surface area (Å²) in [6.07, 6.45) is 2.45. The van der Waals surface area contributed by atoms with Crippen LogP contribution in [0.15, 0.2) is 83.9 Å². The van der Waals surface area contributed by atoms with E-state index in [-0.39, 0.29) is 12.3 Å². The first-order valence-corrected chi connectivity index (χ1v) is 13.1. The number of urea groups is 1. The van der Waals surface area contributed by atoms with Crippen LogP contribution >= 0.6 is 0 Å². The molecule has 0 bridgehead atoms. The van der Waals surface area contributed by atoms with Gasteiger partial charge in [-0.3, -0.25) is 9.59 Å². The van der Waals surface area contributed by atoms with Crippen LogP contribution in [0.4, 0.5) is 16.2 Å². The molecule has 7 nitrogen and oxygen atoms in total. The highest BCUT2D eigenvalue weighted by atomic mass is 16.2. The molecule has 1 heterocycles. The third kappa shape index (κ3) is 5.23. The number of carbonyl (C=O) groups excluding carboxylic acids is 3. The van der Waals surface area contributed by atoms with Gasteiger partial charge in [-0.1, -0.05) is 80.4 Å². The number of fused-ring (bicyclic) bond motifs is 1. The quantitative estimate of drug-likeness (QED) is 0.462. The van der Waals surface area contributed by atoms with Crippen molar-refractivity contribution in [2.45, 2.75) is 45.7 Å². The summed E-state index contributed by atoms with van der Waals surface area (Å²) >= 11 is 0. The number of aryl methyl sites for hydroxylation is 1. The molecule has 0 radical (unpaired) electrons. The molecule has 0 unspecified atom stereocenters. The van der Waals surface area contributed by atoms with Crippen LogP contribution in [0, 0.1) is 12.3 Å². The van der Waals surface area contributed by atoms with Crippen LogP contribution in [0.3, 0.4) is 0 Å². The minimum Gasteiger partial charge on any atom is -0.308 e. The number of benzodiazepines with no additional fused rings is 1. The Morgan fingerprint density at radius 1 is 0.974 bits per heavy atom. The second-order valence-corrected chi connectivity index (χ2v) is 10.3. The van der Waals surface area contributed by atoms with E-state index >= 15 is 0 Å². The predicted octanol–water partition coefficient (Wildman–Crippen LogP) is 5.48. The van der Waals surface area contributed by atoms with Crippen molar-refractivity contribution in [3.8, 4) is 0 Å². The van der Waals surface area contributed by atoms with Gasteiger partial charge in [0.1, 0.15) is 0 Å². The summed E-state index contributed by atoms with van der Waals surface area (Å²) in [5.41, 5.74) is 3.90. The fourth-order valence-corrected chi connectivity index (χ4v) is 5.30. The zero-order chi connectivity index (χ0) is 26.7. The smallest absolute Gasteiger partial charge is 0.308 e. The van der Waals surface area contributed by atoms with E-state index in [0.717, 1.165) is 42.4 Å². The molecule has 3 aromatic rings. The minimum absolute atomic E-state index is 0.0317. The van der Waals surface area contributed by atoms with E-state index in [1.807, 2.05) is 86.6 Å². The average molecular weight is 509 g/mol. The lowest BCUT2D eigenvalue weighted by atomic mass is 9.83. The zero-order valence-corrected chi connectivity index (χ0v) is 21.7. The van der Waals surface area contributed by atoms with E-state index < -0.39 is 23.5 Å². The molecule has 1 aliphatic heterocycles. The lowest BCUT2D eigenvalue weighted by Gasteiger charge is -2.29. The van der Waals surface area contributed by atoms with Crippen LogP contribution in [0.1, 0.15) is 49.3 Å². The molecule has 1 atom stereocenters. The van der Waals surface area contributed by atoms with Gasteiger partial charge >= 0.3 is 6.03 Å². The summed E-state index contributed by atoms with van der Waals surface area (Å²) in [6, 6.07) is 23.9. The van der Waals surface area contributed by atoms with Crippen molar-refractivity contribution in [1.29, 1.82) is 0 Å². The highest BCUT2D eigenvalue weighted by Crippen LogP contribution is 2.39. The first kappa shape index (κ1) is 25.4. The molecule has 3 aromatic carbocycles. The van der Waals surface area contributed by atoms with Crippen molar-refractivity contribution in [1.82, 2.24) is 5.32 Å². The first-order valence-electron chi connectivity index (χ1n) is 13.1. The van der Waals surface area contributed by atoms with Crippen LogP contribution in [-0.4, -0.2) is 36.1 Å². The molecule has 38 heavy (non-hydrogen) atoms. The van der Waals surface area contributed by atoms with Crippen LogP contribution in [-0.2, 0) is 9.59 Å². The number of hydrogen-bond donors (Lipinski definition) is 2.